The van der Waals surface area contributed by atoms with Gasteiger partial charge in [0, 0.05) is 19.7 Å². The van der Waals surface area contributed by atoms with E-state index in [1.165, 1.54) is 0 Å². The predicted octanol–water partition coefficient (Wildman–Crippen LogP) is -0.826. The van der Waals surface area contributed by atoms with Crippen LogP contribution in [0, 0.1) is 5.92 Å². The molecule has 1 saturated heterocycles. The van der Waals surface area contributed by atoms with Crippen LogP contribution in [-0.4, -0.2) is 29.8 Å². The molecule has 3 N–H and O–H groups in total. The van der Waals surface area contributed by atoms with Crippen molar-refractivity contribution in [3.8, 4) is 0 Å². The average molecular weight is 116 g/mol. The molecular formula is C5H12N2O. The van der Waals surface area contributed by atoms with E-state index in [-0.39, 0.29) is 6.61 Å². The molecule has 1 heterocycles. The highest BCUT2D eigenvalue weighted by Crippen LogP contribution is 2.10. The number of aliphatic hydroxyl groups is 1. The normalized spacial score (nSPS) is 31.5. The smallest absolute Gasteiger partial charge is 0.0472 e. The Labute approximate surface area is 49.1 Å². The Kier molecular flexibility index (Phi) is 1.83. The molecule has 1 atom stereocenters. The van der Waals surface area contributed by atoms with E-state index in [4.69, 9.17) is 10.9 Å². The fraction of sp³-hybridized carbons (Fsp3) is 1.00. The molecule has 0 amide bonds. The van der Waals surface area contributed by atoms with Crippen LogP contribution in [0.15, 0.2) is 0 Å². The van der Waals surface area contributed by atoms with Crippen molar-refractivity contribution in [2.45, 2.75) is 6.42 Å². The maximum atomic E-state index is 8.60. The van der Waals surface area contributed by atoms with E-state index in [2.05, 4.69) is 0 Å². The molecular weight excluding hydrogens is 104 g/mol. The van der Waals surface area contributed by atoms with E-state index in [0.717, 1.165) is 19.5 Å². The minimum Gasteiger partial charge on any atom is -0.396 e. The third kappa shape index (κ3) is 1.18. The molecule has 3 nitrogen and oxygen atoms in total. The second-order valence-corrected chi connectivity index (χ2v) is 2.33. The Balaban J connectivity index is 2.22. The molecule has 0 aromatic carbocycles. The minimum atomic E-state index is 0.285. The van der Waals surface area contributed by atoms with Crippen LogP contribution in [-0.2, 0) is 0 Å². The second-order valence-electron chi connectivity index (χ2n) is 2.33. The first-order chi connectivity index (χ1) is 3.83. The van der Waals surface area contributed by atoms with Gasteiger partial charge in [0.25, 0.3) is 0 Å². The van der Waals surface area contributed by atoms with Crippen molar-refractivity contribution < 1.29 is 5.11 Å². The molecule has 3 heteroatoms. The third-order valence-electron chi connectivity index (χ3n) is 1.58. The van der Waals surface area contributed by atoms with Gasteiger partial charge in [0.2, 0.25) is 0 Å². The maximum absolute atomic E-state index is 8.60. The molecule has 48 valence electrons. The van der Waals surface area contributed by atoms with Crippen LogP contribution >= 0.6 is 0 Å². The summed E-state index contributed by atoms with van der Waals surface area (Å²) in [4.78, 5) is 0. The van der Waals surface area contributed by atoms with Crippen LogP contribution in [0.3, 0.4) is 0 Å². The van der Waals surface area contributed by atoms with E-state index in [9.17, 15) is 0 Å². The molecule has 0 unspecified atom stereocenters. The summed E-state index contributed by atoms with van der Waals surface area (Å²) in [5.74, 6) is 5.85. The van der Waals surface area contributed by atoms with E-state index in [0.29, 0.717) is 5.92 Å². The van der Waals surface area contributed by atoms with E-state index in [1.807, 2.05) is 0 Å². The van der Waals surface area contributed by atoms with Gasteiger partial charge in [0.05, 0.1) is 0 Å². The van der Waals surface area contributed by atoms with E-state index < -0.39 is 0 Å². The lowest BCUT2D eigenvalue weighted by Crippen LogP contribution is -2.28. The number of nitrogens with zero attached hydrogens (tertiary/aromatic N) is 1. The number of hydrazine groups is 1. The van der Waals surface area contributed by atoms with Gasteiger partial charge in [-0.15, -0.1) is 0 Å². The summed E-state index contributed by atoms with van der Waals surface area (Å²) in [5, 5.41) is 10.4. The summed E-state index contributed by atoms with van der Waals surface area (Å²) in [5.41, 5.74) is 0. The maximum Gasteiger partial charge on any atom is 0.0472 e. The van der Waals surface area contributed by atoms with Crippen molar-refractivity contribution in [2.75, 3.05) is 19.7 Å². The largest absolute Gasteiger partial charge is 0.396 e. The number of aliphatic hydroxyl groups excluding tert-OH is 1. The molecule has 0 bridgehead atoms. The van der Waals surface area contributed by atoms with Gasteiger partial charge < -0.3 is 5.11 Å². The summed E-state index contributed by atoms with van der Waals surface area (Å²) in [6.45, 7) is 2.08. The van der Waals surface area contributed by atoms with E-state index in [1.54, 1.807) is 5.01 Å². The standard InChI is InChI=1S/C5H12N2O/c6-7-2-1-5(3-7)4-8/h5,8H,1-4,6H2/t5-/m0/s1. The lowest BCUT2D eigenvalue weighted by atomic mass is 10.1. The molecule has 0 radical (unpaired) electrons. The van der Waals surface area contributed by atoms with Gasteiger partial charge in [-0.05, 0) is 12.3 Å². The fourth-order valence-electron chi connectivity index (χ4n) is 1.01. The first-order valence-corrected chi connectivity index (χ1v) is 2.93. The van der Waals surface area contributed by atoms with Crippen molar-refractivity contribution in [2.24, 2.45) is 11.8 Å². The molecule has 1 aliphatic rings. The zero-order chi connectivity index (χ0) is 5.98. The lowest BCUT2D eigenvalue weighted by molar-refractivity contribution is 0.223. The monoisotopic (exact) mass is 116 g/mol. The molecule has 1 fully saturated rings. The summed E-state index contributed by atoms with van der Waals surface area (Å²) < 4.78 is 0. The van der Waals surface area contributed by atoms with Gasteiger partial charge in [0.1, 0.15) is 0 Å². The fourth-order valence-corrected chi connectivity index (χ4v) is 1.01. The summed E-state index contributed by atoms with van der Waals surface area (Å²) in [6.07, 6.45) is 1.05. The van der Waals surface area contributed by atoms with Crippen molar-refractivity contribution in [1.29, 1.82) is 0 Å². The quantitative estimate of drug-likeness (QED) is 0.440. The average Bonchev–Trinajstić information content (AvgIpc) is 2.14. The van der Waals surface area contributed by atoms with Gasteiger partial charge in [-0.25, -0.2) is 5.01 Å². The Bertz CT molecular complexity index is 76.8. The van der Waals surface area contributed by atoms with Crippen LogP contribution < -0.4 is 5.84 Å². The molecule has 0 spiro atoms. The molecule has 0 aliphatic carbocycles. The number of hydrogen-bond donors (Lipinski definition) is 2. The summed E-state index contributed by atoms with van der Waals surface area (Å²) in [7, 11) is 0. The highest BCUT2D eigenvalue weighted by atomic mass is 16.3. The molecule has 1 rings (SSSR count). The topological polar surface area (TPSA) is 49.5 Å². The van der Waals surface area contributed by atoms with Gasteiger partial charge in [-0.1, -0.05) is 0 Å². The highest BCUT2D eigenvalue weighted by Gasteiger charge is 2.17. The SMILES string of the molecule is NN1CC[C@H](CO)C1. The Hall–Kier alpha value is -0.120. The summed E-state index contributed by atoms with van der Waals surface area (Å²) >= 11 is 0. The Morgan fingerprint density at radius 1 is 1.75 bits per heavy atom. The number of nitrogens with two attached hydrogens (primary N) is 1. The molecule has 0 saturated carbocycles. The van der Waals surface area contributed by atoms with Gasteiger partial charge in [0.15, 0.2) is 0 Å². The van der Waals surface area contributed by atoms with E-state index >= 15 is 0 Å². The predicted molar refractivity (Wildman–Crippen MR) is 31.0 cm³/mol. The van der Waals surface area contributed by atoms with Crippen LogP contribution in [0.25, 0.3) is 0 Å². The Morgan fingerprint density at radius 2 is 2.50 bits per heavy atom. The highest BCUT2D eigenvalue weighted by molar-refractivity contribution is 4.69. The summed E-state index contributed by atoms with van der Waals surface area (Å²) in [6, 6.07) is 0. The lowest BCUT2D eigenvalue weighted by Gasteiger charge is -2.05. The molecule has 0 aromatic rings. The van der Waals surface area contributed by atoms with Crippen molar-refractivity contribution in [3.63, 3.8) is 0 Å². The van der Waals surface area contributed by atoms with Gasteiger partial charge in [-0.3, -0.25) is 5.84 Å². The van der Waals surface area contributed by atoms with Gasteiger partial charge >= 0.3 is 0 Å². The molecule has 1 aliphatic heterocycles. The van der Waals surface area contributed by atoms with Crippen molar-refractivity contribution in [3.05, 3.63) is 0 Å². The number of hydrogen-bond acceptors (Lipinski definition) is 3. The van der Waals surface area contributed by atoms with Crippen LogP contribution in [0.2, 0.25) is 0 Å². The van der Waals surface area contributed by atoms with Crippen molar-refractivity contribution in [1.82, 2.24) is 5.01 Å². The zero-order valence-electron chi connectivity index (χ0n) is 4.88. The first kappa shape index (κ1) is 6.01. The van der Waals surface area contributed by atoms with Crippen molar-refractivity contribution >= 4 is 0 Å². The van der Waals surface area contributed by atoms with Crippen LogP contribution in [0.1, 0.15) is 6.42 Å². The third-order valence-corrected chi connectivity index (χ3v) is 1.58. The van der Waals surface area contributed by atoms with Crippen LogP contribution in [0.4, 0.5) is 0 Å². The van der Waals surface area contributed by atoms with Crippen LogP contribution in [0.5, 0.6) is 0 Å². The second kappa shape index (κ2) is 2.44. The first-order valence-electron chi connectivity index (χ1n) is 2.93. The molecule has 8 heavy (non-hydrogen) atoms. The zero-order valence-corrected chi connectivity index (χ0v) is 4.88. The Morgan fingerprint density at radius 3 is 2.75 bits per heavy atom. The number of rotatable bonds is 1. The minimum absolute atomic E-state index is 0.285. The van der Waals surface area contributed by atoms with Gasteiger partial charge in [-0.2, -0.15) is 0 Å². The molecule has 0 aromatic heterocycles.